The van der Waals surface area contributed by atoms with Gasteiger partial charge in [-0.2, -0.15) is 0 Å². The van der Waals surface area contributed by atoms with E-state index in [9.17, 15) is 42.4 Å². The van der Waals surface area contributed by atoms with Gasteiger partial charge in [0.25, 0.3) is 5.91 Å². The van der Waals surface area contributed by atoms with Gasteiger partial charge in [-0.25, -0.2) is 8.42 Å². The third-order valence-electron chi connectivity index (χ3n) is 8.47. The van der Waals surface area contributed by atoms with Gasteiger partial charge >= 0.3 is 29.6 Å². The van der Waals surface area contributed by atoms with E-state index in [-0.39, 0.29) is 66.0 Å². The third-order valence-corrected chi connectivity index (χ3v) is 8.89. The molecule has 5 atom stereocenters. The fourth-order valence-electron chi connectivity index (χ4n) is 5.64. The number of aliphatic hydroxyl groups is 2. The van der Waals surface area contributed by atoms with Crippen molar-refractivity contribution in [1.82, 2.24) is 15.5 Å². The number of amides is 4. The molecule has 294 valence electrons. The molecule has 1 aliphatic rings. The molecular weight excluding hydrogens is 735 g/mol. The average Bonchev–Trinajstić information content (AvgIpc) is 3.12. The van der Waals surface area contributed by atoms with Gasteiger partial charge < -0.3 is 45.1 Å². The fraction of sp³-hybridized carbons (Fsp3) is 0.556. The van der Waals surface area contributed by atoms with E-state index in [4.69, 9.17) is 9.47 Å². The minimum atomic E-state index is -5.12. The molecule has 0 radical (unpaired) electrons. The number of unbranched alkanes of at least 4 members (excludes halogenated alkanes) is 5. The Hall–Kier alpha value is -3.13. The van der Waals surface area contributed by atoms with E-state index in [1.54, 1.807) is 17.0 Å². The van der Waals surface area contributed by atoms with E-state index in [1.165, 1.54) is 31.2 Å². The maximum atomic E-state index is 13.0. The summed E-state index contributed by atoms with van der Waals surface area (Å²) in [6.07, 6.45) is 0.221. The molecule has 2 aromatic carbocycles. The molecule has 1 aliphatic heterocycles. The number of hydrogen-bond acceptors (Lipinski definition) is 12. The number of hydrogen-bond donors (Lipinski definition) is 5. The van der Waals surface area contributed by atoms with Crippen LogP contribution in [0.2, 0.25) is 0 Å². The van der Waals surface area contributed by atoms with Gasteiger partial charge in [0.15, 0.2) is 0 Å². The summed E-state index contributed by atoms with van der Waals surface area (Å²) in [5.41, 5.74) is 1.04. The molecule has 0 bridgehead atoms. The van der Waals surface area contributed by atoms with Crippen molar-refractivity contribution in [3.63, 3.8) is 0 Å². The Bertz CT molecular complexity index is 1570. The predicted octanol–water partition coefficient (Wildman–Crippen LogP) is -0.774. The molecule has 54 heavy (non-hydrogen) atoms. The monoisotopic (exact) mass is 786 g/mol. The molecule has 0 aromatic heterocycles. The number of benzene rings is 2. The van der Waals surface area contributed by atoms with E-state index in [1.807, 2.05) is 18.2 Å². The Morgan fingerprint density at radius 3 is 2.22 bits per heavy atom. The van der Waals surface area contributed by atoms with E-state index in [2.05, 4.69) is 27.1 Å². The van der Waals surface area contributed by atoms with E-state index < -0.39 is 53.6 Å². The van der Waals surface area contributed by atoms with Crippen LogP contribution < -0.4 is 50.2 Å². The zero-order valence-corrected chi connectivity index (χ0v) is 33.9. The van der Waals surface area contributed by atoms with Crippen molar-refractivity contribution >= 4 is 39.7 Å². The number of carbonyl (C=O) groups is 4. The van der Waals surface area contributed by atoms with E-state index in [0.29, 0.717) is 30.8 Å². The fourth-order valence-corrected chi connectivity index (χ4v) is 5.94. The molecule has 4 amide bonds. The van der Waals surface area contributed by atoms with E-state index >= 15 is 0 Å². The number of nitrogens with one attached hydrogen (secondary N) is 3. The van der Waals surface area contributed by atoms with Crippen molar-refractivity contribution in [2.75, 3.05) is 31.6 Å². The first kappa shape index (κ1) is 47.0. The SMILES string of the molecule is CCCCCC(=O)N(CCCCCCNC(=O)c1ccccc1)CCC(=O)Nc1ccc(O[C@@H]2O[C@H](COS(=O)(=O)[O-])[C@H](O)[C@H](O)[C@H]2NC(C)=O)cc1.[Na+]. The summed E-state index contributed by atoms with van der Waals surface area (Å²) in [6.45, 7) is 3.67. The minimum Gasteiger partial charge on any atom is -0.726 e. The van der Waals surface area contributed by atoms with Crippen LogP contribution in [0.3, 0.4) is 0 Å². The van der Waals surface area contributed by atoms with Crippen molar-refractivity contribution in [3.05, 3.63) is 60.2 Å². The summed E-state index contributed by atoms with van der Waals surface area (Å²) in [5.74, 6) is -0.812. The normalized spacial score (nSPS) is 19.5. The molecular formula is C36H51N4NaO12S. The molecule has 2 aromatic rings. The smallest absolute Gasteiger partial charge is 0.726 e. The van der Waals surface area contributed by atoms with Crippen molar-refractivity contribution < 1.29 is 85.6 Å². The Morgan fingerprint density at radius 1 is 0.889 bits per heavy atom. The summed E-state index contributed by atoms with van der Waals surface area (Å²) in [5, 5.41) is 29.1. The van der Waals surface area contributed by atoms with Crippen LogP contribution in [0, 0.1) is 0 Å². The third kappa shape index (κ3) is 17.1. The number of nitrogens with zero attached hydrogens (tertiary/aromatic N) is 1. The molecule has 1 saturated heterocycles. The van der Waals surface area contributed by atoms with Crippen LogP contribution in [0.4, 0.5) is 5.69 Å². The number of rotatable bonds is 22. The molecule has 0 spiro atoms. The summed E-state index contributed by atoms with van der Waals surface area (Å²) in [6, 6.07) is 13.8. The van der Waals surface area contributed by atoms with Crippen LogP contribution >= 0.6 is 0 Å². The van der Waals surface area contributed by atoms with Gasteiger partial charge in [-0.15, -0.1) is 0 Å². The molecule has 0 saturated carbocycles. The van der Waals surface area contributed by atoms with Crippen LogP contribution in [0.5, 0.6) is 5.75 Å². The molecule has 1 heterocycles. The second-order valence-electron chi connectivity index (χ2n) is 12.8. The van der Waals surface area contributed by atoms with Gasteiger partial charge in [0.2, 0.25) is 34.4 Å². The summed E-state index contributed by atoms with van der Waals surface area (Å²) in [4.78, 5) is 51.6. The van der Waals surface area contributed by atoms with Gasteiger partial charge in [0.1, 0.15) is 30.1 Å². The molecule has 18 heteroatoms. The van der Waals surface area contributed by atoms with Gasteiger partial charge in [0, 0.05) is 50.7 Å². The Kier molecular flexibility index (Phi) is 21.2. The average molecular weight is 787 g/mol. The number of ether oxygens (including phenoxy) is 2. The summed E-state index contributed by atoms with van der Waals surface area (Å²) in [7, 11) is -5.12. The van der Waals surface area contributed by atoms with Crippen molar-refractivity contribution in [2.24, 2.45) is 0 Å². The maximum Gasteiger partial charge on any atom is 1.00 e. The van der Waals surface area contributed by atoms with Gasteiger partial charge in [0.05, 0.1) is 6.61 Å². The first-order valence-electron chi connectivity index (χ1n) is 17.8. The first-order chi connectivity index (χ1) is 25.3. The van der Waals surface area contributed by atoms with Crippen LogP contribution in [0.15, 0.2) is 54.6 Å². The topological polar surface area (TPSA) is 233 Å². The van der Waals surface area contributed by atoms with Gasteiger partial charge in [-0.1, -0.05) is 50.8 Å². The van der Waals surface area contributed by atoms with Crippen LogP contribution in [-0.2, 0) is 33.7 Å². The van der Waals surface area contributed by atoms with Gasteiger partial charge in [-0.05, 0) is 55.7 Å². The van der Waals surface area contributed by atoms with Crippen LogP contribution in [0.1, 0.15) is 82.0 Å². The Balaban J connectivity index is 0.0000101. The molecule has 16 nitrogen and oxygen atoms in total. The van der Waals surface area contributed by atoms with Crippen LogP contribution in [0.25, 0.3) is 0 Å². The Labute approximate surface area is 338 Å². The predicted molar refractivity (Wildman–Crippen MR) is 192 cm³/mol. The summed E-state index contributed by atoms with van der Waals surface area (Å²) >= 11 is 0. The number of aliphatic hydroxyl groups excluding tert-OH is 2. The zero-order valence-electron chi connectivity index (χ0n) is 31.1. The van der Waals surface area contributed by atoms with Crippen molar-refractivity contribution in [1.29, 1.82) is 0 Å². The molecule has 5 N–H and O–H groups in total. The second-order valence-corrected chi connectivity index (χ2v) is 13.8. The zero-order chi connectivity index (χ0) is 38.8. The largest absolute Gasteiger partial charge is 1.00 e. The number of carbonyl (C=O) groups excluding carboxylic acids is 4. The number of anilines is 1. The Morgan fingerprint density at radius 2 is 1.57 bits per heavy atom. The van der Waals surface area contributed by atoms with Crippen molar-refractivity contribution in [2.45, 2.75) is 102 Å². The summed E-state index contributed by atoms with van der Waals surface area (Å²) < 4.78 is 48.3. The minimum absolute atomic E-state index is 0. The molecule has 3 rings (SSSR count). The molecule has 1 fully saturated rings. The molecule has 0 unspecified atom stereocenters. The van der Waals surface area contributed by atoms with E-state index in [0.717, 1.165) is 44.9 Å². The maximum absolute atomic E-state index is 13.0. The van der Waals surface area contributed by atoms with Crippen molar-refractivity contribution in [3.8, 4) is 5.75 Å². The van der Waals surface area contributed by atoms with Gasteiger partial charge in [-0.3, -0.25) is 23.4 Å². The molecule has 0 aliphatic carbocycles. The second kappa shape index (κ2) is 24.4. The quantitative estimate of drug-likeness (QED) is 0.0429. The first-order valence-corrected chi connectivity index (χ1v) is 19.2. The van der Waals surface area contributed by atoms with Crippen LogP contribution in [-0.4, -0.2) is 109 Å². The standard InChI is InChI=1S/C36H52N4O12S.Na/c1-3-4-8-15-31(43)40(22-12-6-5-11-21-37-35(46)26-13-9-7-10-14-26)23-20-30(42)39-27-16-18-28(19-17-27)51-36-32(38-25(2)41)34(45)33(44)29(52-36)24-50-53(47,48)49;/h7,9-10,13-14,16-19,29,32-34,36,44-45H,3-6,8,11-12,15,20-24H2,1-2H3,(H,37,46)(H,38,41)(H,39,42)(H,47,48,49);/q;+1/p-1/t29-,32-,33+,34-,36-;/m1./s1.